The molecule has 1 aliphatic rings. The molecule has 1 aromatic carbocycles. The van der Waals surface area contributed by atoms with Crippen molar-refractivity contribution in [3.63, 3.8) is 0 Å². The first-order chi connectivity index (χ1) is 15.0. The van der Waals surface area contributed by atoms with Crippen molar-refractivity contribution in [3.8, 4) is 0 Å². The molecular weight excluding hydrogens is 428 g/mol. The van der Waals surface area contributed by atoms with E-state index in [1.807, 2.05) is 33.2 Å². The molecule has 0 spiro atoms. The molecular formula is C24H36N2O5S. The summed E-state index contributed by atoms with van der Waals surface area (Å²) in [6.07, 6.45) is 7.28. The lowest BCUT2D eigenvalue weighted by Crippen LogP contribution is -2.36. The second-order valence-electron chi connectivity index (χ2n) is 9.79. The number of likely N-dealkylation sites (N-methyl/N-ethyl adjacent to an activating group) is 1. The van der Waals surface area contributed by atoms with E-state index in [-0.39, 0.29) is 12.7 Å². The lowest BCUT2D eigenvalue weighted by atomic mass is 9.94. The van der Waals surface area contributed by atoms with Crippen LogP contribution in [0.1, 0.15) is 57.1 Å². The molecule has 0 radical (unpaired) electrons. The number of fused-ring (bicyclic) bond motifs is 1. The van der Waals surface area contributed by atoms with Crippen LogP contribution in [0.3, 0.4) is 0 Å². The Kier molecular flexibility index (Phi) is 7.68. The molecule has 1 aromatic heterocycles. The van der Waals surface area contributed by atoms with Crippen LogP contribution in [0, 0.1) is 12.3 Å². The predicted octanol–water partition coefficient (Wildman–Crippen LogP) is 4.07. The minimum Gasteiger partial charge on any atom is -0.462 e. The molecule has 1 fully saturated rings. The second-order valence-corrected chi connectivity index (χ2v) is 11.3. The van der Waals surface area contributed by atoms with Gasteiger partial charge in [-0.15, -0.1) is 0 Å². The maximum Gasteiger partial charge on any atom is 0.366 e. The molecule has 0 amide bonds. The summed E-state index contributed by atoms with van der Waals surface area (Å²) < 4.78 is 38.5. The summed E-state index contributed by atoms with van der Waals surface area (Å²) in [7, 11) is -0.152. The summed E-state index contributed by atoms with van der Waals surface area (Å²) in [4.78, 5) is 14.7. The van der Waals surface area contributed by atoms with Gasteiger partial charge in [-0.05, 0) is 84.7 Å². The van der Waals surface area contributed by atoms with Crippen molar-refractivity contribution in [2.75, 3.05) is 27.2 Å². The quantitative estimate of drug-likeness (QED) is 0.521. The van der Waals surface area contributed by atoms with Gasteiger partial charge in [0, 0.05) is 18.1 Å². The molecule has 1 aliphatic carbocycles. The van der Waals surface area contributed by atoms with Crippen LogP contribution in [0.15, 0.2) is 24.4 Å². The first kappa shape index (κ1) is 24.7. The van der Waals surface area contributed by atoms with Crippen molar-refractivity contribution in [1.29, 1.82) is 0 Å². The minimum atomic E-state index is -4.12. The lowest BCUT2D eigenvalue weighted by Gasteiger charge is -2.28. The Hall–Kier alpha value is -1.90. The van der Waals surface area contributed by atoms with Gasteiger partial charge in [0.1, 0.15) is 6.10 Å². The highest BCUT2D eigenvalue weighted by Crippen LogP contribution is 2.28. The molecule has 8 heteroatoms. The highest BCUT2D eigenvalue weighted by atomic mass is 32.2. The molecule has 0 aliphatic heterocycles. The fourth-order valence-electron chi connectivity index (χ4n) is 3.94. The number of nitrogens with zero attached hydrogens (tertiary/aromatic N) is 2. The number of ether oxygens (including phenoxy) is 1. The topological polar surface area (TPSA) is 77.8 Å². The van der Waals surface area contributed by atoms with Crippen LogP contribution in [0.5, 0.6) is 0 Å². The normalized spacial score (nSPS) is 16.1. The Morgan fingerprint density at radius 1 is 1.19 bits per heavy atom. The van der Waals surface area contributed by atoms with Gasteiger partial charge in [-0.1, -0.05) is 18.1 Å². The molecule has 178 valence electrons. The van der Waals surface area contributed by atoms with E-state index in [9.17, 15) is 13.2 Å². The zero-order valence-corrected chi connectivity index (χ0v) is 20.7. The molecule has 1 heterocycles. The number of carbonyl (C=O) groups excluding carboxylic acids is 1. The van der Waals surface area contributed by atoms with Gasteiger partial charge in [0.05, 0.1) is 17.5 Å². The fourth-order valence-corrected chi connectivity index (χ4v) is 5.15. The third-order valence-electron chi connectivity index (χ3n) is 6.02. The summed E-state index contributed by atoms with van der Waals surface area (Å²) in [5.74, 6) is -0.417. The Balaban J connectivity index is 1.77. The Morgan fingerprint density at radius 2 is 1.88 bits per heavy atom. The van der Waals surface area contributed by atoms with Gasteiger partial charge < -0.3 is 9.64 Å². The first-order valence-corrected chi connectivity index (χ1v) is 12.7. The molecule has 3 rings (SSSR count). The summed E-state index contributed by atoms with van der Waals surface area (Å²) >= 11 is 0. The third kappa shape index (κ3) is 5.91. The SMILES string of the molecule is Cc1ccc2c(c1)c(CCN(C)C)cn2S(=O)(=O)OCC(C)(C)C(=O)OC1CCCCC1. The number of esters is 1. The van der Waals surface area contributed by atoms with Crippen molar-refractivity contribution < 1.29 is 22.1 Å². The van der Waals surface area contributed by atoms with Crippen LogP contribution in [-0.4, -0.2) is 56.6 Å². The maximum atomic E-state index is 13.1. The maximum absolute atomic E-state index is 13.1. The second kappa shape index (κ2) is 9.93. The van der Waals surface area contributed by atoms with Gasteiger partial charge in [0.25, 0.3) is 0 Å². The van der Waals surface area contributed by atoms with E-state index in [2.05, 4.69) is 4.90 Å². The highest BCUT2D eigenvalue weighted by molar-refractivity contribution is 7.85. The van der Waals surface area contributed by atoms with Crippen molar-refractivity contribution >= 4 is 27.2 Å². The molecule has 2 aromatic rings. The fraction of sp³-hybridized carbons (Fsp3) is 0.625. The van der Waals surface area contributed by atoms with E-state index < -0.39 is 21.7 Å². The van der Waals surface area contributed by atoms with Crippen LogP contribution < -0.4 is 0 Å². The zero-order chi connectivity index (χ0) is 23.5. The first-order valence-electron chi connectivity index (χ1n) is 11.4. The van der Waals surface area contributed by atoms with Crippen LogP contribution >= 0.6 is 0 Å². The van der Waals surface area contributed by atoms with Crippen molar-refractivity contribution in [3.05, 3.63) is 35.5 Å². The molecule has 0 atom stereocenters. The standard InChI is InChI=1S/C24H36N2O5S/c1-18-11-12-22-21(15-18)19(13-14-25(4)5)16-26(22)32(28,29)30-17-24(2,3)23(27)31-20-9-7-6-8-10-20/h11-12,15-16,20H,6-10,13-14,17H2,1-5H3. The number of aryl methyl sites for hydroxylation is 1. The monoisotopic (exact) mass is 464 g/mol. The minimum absolute atomic E-state index is 0.0805. The van der Waals surface area contributed by atoms with Gasteiger partial charge in [-0.3, -0.25) is 8.98 Å². The Bertz CT molecular complexity index is 1050. The molecule has 0 saturated heterocycles. The number of hydrogen-bond donors (Lipinski definition) is 0. The largest absolute Gasteiger partial charge is 0.462 e. The molecule has 7 nitrogen and oxygen atoms in total. The molecule has 1 saturated carbocycles. The van der Waals surface area contributed by atoms with Crippen molar-refractivity contribution in [1.82, 2.24) is 8.87 Å². The van der Waals surface area contributed by atoms with E-state index in [0.29, 0.717) is 11.9 Å². The summed E-state index contributed by atoms with van der Waals surface area (Å²) in [6, 6.07) is 5.68. The summed E-state index contributed by atoms with van der Waals surface area (Å²) in [5.41, 5.74) is 1.51. The van der Waals surface area contributed by atoms with Crippen LogP contribution in [0.25, 0.3) is 10.9 Å². The Morgan fingerprint density at radius 3 is 2.53 bits per heavy atom. The number of rotatable bonds is 9. The van der Waals surface area contributed by atoms with Crippen molar-refractivity contribution in [2.24, 2.45) is 5.41 Å². The van der Waals surface area contributed by atoms with Crippen LogP contribution in [-0.2, 0) is 30.4 Å². The van der Waals surface area contributed by atoms with E-state index in [4.69, 9.17) is 8.92 Å². The van der Waals surface area contributed by atoms with E-state index in [1.54, 1.807) is 26.1 Å². The van der Waals surface area contributed by atoms with Gasteiger partial charge in [0.15, 0.2) is 0 Å². The van der Waals surface area contributed by atoms with Gasteiger partial charge in [-0.25, -0.2) is 3.97 Å². The number of aromatic nitrogens is 1. The van der Waals surface area contributed by atoms with E-state index in [0.717, 1.165) is 48.7 Å². The van der Waals surface area contributed by atoms with Gasteiger partial charge >= 0.3 is 16.3 Å². The summed E-state index contributed by atoms with van der Waals surface area (Å²) in [5, 5.41) is 0.898. The van der Waals surface area contributed by atoms with Crippen molar-refractivity contribution in [2.45, 2.75) is 65.4 Å². The molecule has 0 bridgehead atoms. The highest BCUT2D eigenvalue weighted by Gasteiger charge is 2.35. The van der Waals surface area contributed by atoms with Crippen LogP contribution in [0.4, 0.5) is 0 Å². The van der Waals surface area contributed by atoms with E-state index in [1.165, 1.54) is 10.4 Å². The number of carbonyl (C=O) groups is 1. The zero-order valence-electron chi connectivity index (χ0n) is 19.9. The average molecular weight is 465 g/mol. The van der Waals surface area contributed by atoms with Gasteiger partial charge in [-0.2, -0.15) is 8.42 Å². The number of hydrogen-bond acceptors (Lipinski definition) is 6. The molecule has 0 N–H and O–H groups in total. The molecule has 32 heavy (non-hydrogen) atoms. The summed E-state index contributed by atoms with van der Waals surface area (Å²) in [6.45, 7) is 5.83. The number of benzene rings is 1. The van der Waals surface area contributed by atoms with E-state index >= 15 is 0 Å². The smallest absolute Gasteiger partial charge is 0.366 e. The lowest BCUT2D eigenvalue weighted by molar-refractivity contribution is -0.162. The average Bonchev–Trinajstić information content (AvgIpc) is 3.10. The Labute approximate surface area is 191 Å². The third-order valence-corrected chi connectivity index (χ3v) is 7.22. The predicted molar refractivity (Wildman–Crippen MR) is 126 cm³/mol. The van der Waals surface area contributed by atoms with Gasteiger partial charge in [0.2, 0.25) is 0 Å². The molecule has 0 unspecified atom stereocenters. The van der Waals surface area contributed by atoms with Crippen LogP contribution in [0.2, 0.25) is 0 Å².